The summed E-state index contributed by atoms with van der Waals surface area (Å²) in [4.78, 5) is 2.52. The summed E-state index contributed by atoms with van der Waals surface area (Å²) in [6.45, 7) is 3.42. The van der Waals surface area contributed by atoms with E-state index in [2.05, 4.69) is 52.7 Å². The van der Waals surface area contributed by atoms with E-state index in [-0.39, 0.29) is 0 Å². The highest BCUT2D eigenvalue weighted by atomic mass is 15.5. The molecule has 3 rings (SSSR count). The molecule has 1 saturated carbocycles. The molecular formula is C13H19N3. The summed E-state index contributed by atoms with van der Waals surface area (Å²) in [5.74, 6) is 0. The van der Waals surface area contributed by atoms with Gasteiger partial charge in [0.25, 0.3) is 0 Å². The monoisotopic (exact) mass is 217 g/mol. The number of para-hydroxylation sites is 1. The van der Waals surface area contributed by atoms with Crippen LogP contribution in [0.5, 0.6) is 0 Å². The molecule has 1 aromatic carbocycles. The third-order valence-electron chi connectivity index (χ3n) is 3.89. The predicted octanol–water partition coefficient (Wildman–Crippen LogP) is 1.79. The fraction of sp³-hybridized carbons (Fsp3) is 0.538. The quantitative estimate of drug-likeness (QED) is 0.815. The van der Waals surface area contributed by atoms with Crippen molar-refractivity contribution in [1.82, 2.24) is 9.91 Å². The zero-order chi connectivity index (χ0) is 11.0. The van der Waals surface area contributed by atoms with E-state index in [1.807, 2.05) is 0 Å². The molecule has 1 aromatic rings. The Bertz CT molecular complexity index is 359. The van der Waals surface area contributed by atoms with Gasteiger partial charge in [0.2, 0.25) is 0 Å². The molecule has 1 saturated heterocycles. The second kappa shape index (κ2) is 3.75. The SMILES string of the molecule is CN1CCN(Nc2ccccc2)CC12CC2. The Labute approximate surface area is 97.0 Å². The zero-order valence-corrected chi connectivity index (χ0v) is 9.82. The molecule has 86 valence electrons. The van der Waals surface area contributed by atoms with E-state index < -0.39 is 0 Å². The third kappa shape index (κ3) is 1.81. The van der Waals surface area contributed by atoms with Gasteiger partial charge in [0.15, 0.2) is 0 Å². The second-order valence-electron chi connectivity index (χ2n) is 5.05. The molecule has 1 spiro atoms. The Morgan fingerprint density at radius 3 is 2.56 bits per heavy atom. The number of piperazine rings is 1. The van der Waals surface area contributed by atoms with Crippen molar-refractivity contribution in [3.05, 3.63) is 30.3 Å². The molecule has 1 aliphatic carbocycles. The first-order valence-corrected chi connectivity index (χ1v) is 6.06. The van der Waals surface area contributed by atoms with E-state index in [9.17, 15) is 0 Å². The fourth-order valence-corrected chi connectivity index (χ4v) is 2.54. The van der Waals surface area contributed by atoms with Crippen LogP contribution in [0.1, 0.15) is 12.8 Å². The molecule has 0 atom stereocenters. The Kier molecular flexibility index (Phi) is 2.37. The van der Waals surface area contributed by atoms with Crippen molar-refractivity contribution in [3.63, 3.8) is 0 Å². The summed E-state index contributed by atoms with van der Waals surface area (Å²) in [5.41, 5.74) is 5.19. The van der Waals surface area contributed by atoms with Crippen LogP contribution in [-0.4, -0.2) is 42.1 Å². The maximum Gasteiger partial charge on any atom is 0.0490 e. The molecule has 0 amide bonds. The summed E-state index contributed by atoms with van der Waals surface area (Å²) < 4.78 is 0. The smallest absolute Gasteiger partial charge is 0.0490 e. The van der Waals surface area contributed by atoms with Gasteiger partial charge in [-0.2, -0.15) is 0 Å². The largest absolute Gasteiger partial charge is 0.319 e. The van der Waals surface area contributed by atoms with Gasteiger partial charge < -0.3 is 5.43 Å². The predicted molar refractivity (Wildman–Crippen MR) is 66.2 cm³/mol. The Hall–Kier alpha value is -1.06. The molecular weight excluding hydrogens is 198 g/mol. The standard InChI is InChI=1S/C13H19N3/c1-15-9-10-16(11-13(15)7-8-13)14-12-5-3-2-4-6-12/h2-6,14H,7-11H2,1H3. The van der Waals surface area contributed by atoms with E-state index in [0.717, 1.165) is 13.1 Å². The maximum absolute atomic E-state index is 3.50. The van der Waals surface area contributed by atoms with Gasteiger partial charge in [-0.3, -0.25) is 4.90 Å². The van der Waals surface area contributed by atoms with Crippen LogP contribution in [0.3, 0.4) is 0 Å². The molecule has 0 bridgehead atoms. The lowest BCUT2D eigenvalue weighted by Gasteiger charge is -2.40. The molecule has 0 unspecified atom stereocenters. The lowest BCUT2D eigenvalue weighted by Crippen LogP contribution is -2.54. The van der Waals surface area contributed by atoms with Gasteiger partial charge in [0.1, 0.15) is 0 Å². The summed E-state index contributed by atoms with van der Waals surface area (Å²) >= 11 is 0. The number of nitrogens with zero attached hydrogens (tertiary/aromatic N) is 2. The van der Waals surface area contributed by atoms with Crippen LogP contribution < -0.4 is 5.43 Å². The molecule has 2 aliphatic rings. The Morgan fingerprint density at radius 2 is 1.88 bits per heavy atom. The van der Waals surface area contributed by atoms with Crippen LogP contribution in [-0.2, 0) is 0 Å². The van der Waals surface area contributed by atoms with Crippen LogP contribution in [0.4, 0.5) is 5.69 Å². The zero-order valence-electron chi connectivity index (χ0n) is 9.82. The lowest BCUT2D eigenvalue weighted by molar-refractivity contribution is 0.0973. The first-order chi connectivity index (χ1) is 7.78. The molecule has 3 nitrogen and oxygen atoms in total. The van der Waals surface area contributed by atoms with E-state index in [0.29, 0.717) is 5.54 Å². The van der Waals surface area contributed by atoms with Crippen molar-refractivity contribution in [2.24, 2.45) is 0 Å². The van der Waals surface area contributed by atoms with Crippen molar-refractivity contribution in [2.45, 2.75) is 18.4 Å². The van der Waals surface area contributed by atoms with Crippen molar-refractivity contribution in [2.75, 3.05) is 32.1 Å². The van der Waals surface area contributed by atoms with Gasteiger partial charge in [-0.25, -0.2) is 5.01 Å². The highest BCUT2D eigenvalue weighted by Crippen LogP contribution is 2.43. The van der Waals surface area contributed by atoms with Crippen LogP contribution >= 0.6 is 0 Å². The van der Waals surface area contributed by atoms with Crippen LogP contribution in [0.15, 0.2) is 30.3 Å². The Morgan fingerprint density at radius 1 is 1.12 bits per heavy atom. The minimum Gasteiger partial charge on any atom is -0.319 e. The normalized spacial score (nSPS) is 24.6. The summed E-state index contributed by atoms with van der Waals surface area (Å²) in [6.07, 6.45) is 2.72. The molecule has 0 radical (unpaired) electrons. The van der Waals surface area contributed by atoms with E-state index in [4.69, 9.17) is 0 Å². The average Bonchev–Trinajstić information content (AvgIpc) is 3.06. The van der Waals surface area contributed by atoms with E-state index in [1.165, 1.54) is 25.1 Å². The maximum atomic E-state index is 3.50. The van der Waals surface area contributed by atoms with E-state index >= 15 is 0 Å². The second-order valence-corrected chi connectivity index (χ2v) is 5.05. The molecule has 0 aromatic heterocycles. The number of nitrogens with one attached hydrogen (secondary N) is 1. The first kappa shape index (κ1) is 10.1. The van der Waals surface area contributed by atoms with E-state index in [1.54, 1.807) is 0 Å². The van der Waals surface area contributed by atoms with Crippen molar-refractivity contribution in [3.8, 4) is 0 Å². The van der Waals surface area contributed by atoms with Crippen LogP contribution in [0, 0.1) is 0 Å². The number of likely N-dealkylation sites (N-methyl/N-ethyl adjacent to an activating group) is 1. The van der Waals surface area contributed by atoms with Gasteiger partial charge in [0, 0.05) is 30.9 Å². The summed E-state index contributed by atoms with van der Waals surface area (Å²) in [5, 5.41) is 2.36. The molecule has 1 N–H and O–H groups in total. The fourth-order valence-electron chi connectivity index (χ4n) is 2.54. The molecule has 1 aliphatic heterocycles. The van der Waals surface area contributed by atoms with Gasteiger partial charge >= 0.3 is 0 Å². The van der Waals surface area contributed by atoms with Gasteiger partial charge in [0.05, 0.1) is 0 Å². The average molecular weight is 217 g/mol. The third-order valence-corrected chi connectivity index (χ3v) is 3.89. The van der Waals surface area contributed by atoms with Gasteiger partial charge in [-0.05, 0) is 32.0 Å². The number of rotatable bonds is 2. The topological polar surface area (TPSA) is 18.5 Å². The van der Waals surface area contributed by atoms with Crippen molar-refractivity contribution < 1.29 is 0 Å². The van der Waals surface area contributed by atoms with Gasteiger partial charge in [-0.1, -0.05) is 18.2 Å². The highest BCUT2D eigenvalue weighted by Gasteiger charge is 2.49. The van der Waals surface area contributed by atoms with Crippen LogP contribution in [0.25, 0.3) is 0 Å². The number of anilines is 1. The minimum absolute atomic E-state index is 0.486. The van der Waals surface area contributed by atoms with Gasteiger partial charge in [-0.15, -0.1) is 0 Å². The molecule has 2 fully saturated rings. The summed E-state index contributed by atoms with van der Waals surface area (Å²) in [6, 6.07) is 10.4. The molecule has 16 heavy (non-hydrogen) atoms. The van der Waals surface area contributed by atoms with Crippen molar-refractivity contribution >= 4 is 5.69 Å². The lowest BCUT2D eigenvalue weighted by atomic mass is 10.2. The number of benzene rings is 1. The first-order valence-electron chi connectivity index (χ1n) is 6.06. The summed E-state index contributed by atoms with van der Waals surface area (Å²) in [7, 11) is 2.26. The number of hydrogen-bond acceptors (Lipinski definition) is 3. The van der Waals surface area contributed by atoms with Crippen LogP contribution in [0.2, 0.25) is 0 Å². The Balaban J connectivity index is 1.65. The van der Waals surface area contributed by atoms with Crippen molar-refractivity contribution in [1.29, 1.82) is 0 Å². The number of hydrazine groups is 1. The molecule has 3 heteroatoms. The minimum atomic E-state index is 0.486. The number of hydrogen-bond donors (Lipinski definition) is 1. The molecule has 1 heterocycles. The highest BCUT2D eigenvalue weighted by molar-refractivity contribution is 5.41.